The van der Waals surface area contributed by atoms with Gasteiger partial charge in [-0.25, -0.2) is 0 Å². The zero-order chi connectivity index (χ0) is 20.7. The Balaban J connectivity index is 1.87. The number of nitrogens with zero attached hydrogens (tertiary/aromatic N) is 2. The van der Waals surface area contributed by atoms with Gasteiger partial charge < -0.3 is 15.0 Å². The predicted octanol–water partition coefficient (Wildman–Crippen LogP) is 2.06. The molecule has 1 saturated heterocycles. The zero-order valence-corrected chi connectivity index (χ0v) is 17.2. The summed E-state index contributed by atoms with van der Waals surface area (Å²) >= 11 is 0. The Morgan fingerprint density at radius 3 is 2.61 bits per heavy atom. The molecule has 1 heterocycles. The average Bonchev–Trinajstić information content (AvgIpc) is 2.68. The van der Waals surface area contributed by atoms with E-state index in [4.69, 9.17) is 4.74 Å². The number of hydrogen-bond donors (Lipinski definition) is 1. The molecule has 0 unspecified atom stereocenters. The van der Waals surface area contributed by atoms with E-state index in [9.17, 15) is 14.4 Å². The summed E-state index contributed by atoms with van der Waals surface area (Å²) in [6.07, 6.45) is 1.63. The molecule has 1 N–H and O–H groups in total. The molecule has 2 atom stereocenters. The van der Waals surface area contributed by atoms with Gasteiger partial charge in [0.25, 0.3) is 0 Å². The lowest BCUT2D eigenvalue weighted by Crippen LogP contribution is -2.51. The fourth-order valence-electron chi connectivity index (χ4n) is 3.42. The summed E-state index contributed by atoms with van der Waals surface area (Å²) in [7, 11) is 1.63. The third kappa shape index (κ3) is 6.05. The van der Waals surface area contributed by atoms with Crippen LogP contribution in [0, 0.1) is 12.8 Å². The van der Waals surface area contributed by atoms with Gasteiger partial charge in [0.15, 0.2) is 0 Å². The third-order valence-corrected chi connectivity index (χ3v) is 5.07. The number of rotatable bonds is 7. The van der Waals surface area contributed by atoms with Crippen LogP contribution in [0.3, 0.4) is 0 Å². The highest BCUT2D eigenvalue weighted by atomic mass is 16.5. The maximum Gasteiger partial charge on any atom is 0.310 e. The number of nitrogens with one attached hydrogen (secondary N) is 1. The van der Waals surface area contributed by atoms with Crippen molar-refractivity contribution in [3.63, 3.8) is 0 Å². The molecule has 1 aromatic carbocycles. The largest absolute Gasteiger partial charge is 0.466 e. The summed E-state index contributed by atoms with van der Waals surface area (Å²) in [6, 6.07) is 7.11. The number of benzene rings is 1. The third-order valence-electron chi connectivity index (χ3n) is 5.07. The minimum absolute atomic E-state index is 0.0216. The Bertz CT molecular complexity index is 689. The highest BCUT2D eigenvalue weighted by Gasteiger charge is 2.32. The van der Waals surface area contributed by atoms with Crippen molar-refractivity contribution >= 4 is 23.5 Å². The van der Waals surface area contributed by atoms with E-state index in [1.807, 2.05) is 43.0 Å². The number of likely N-dealkylation sites (N-methyl/N-ethyl adjacent to an activating group) is 1. The maximum atomic E-state index is 12.8. The van der Waals surface area contributed by atoms with E-state index in [1.165, 1.54) is 4.90 Å². The highest BCUT2D eigenvalue weighted by Crippen LogP contribution is 2.20. The standard InChI is InChI=1S/C21H31N3O4/c1-5-28-21(27)17-7-6-12-24(13-17)16(3)20(26)23(4)14-19(25)22-18-10-8-15(2)9-11-18/h8-11,16-17H,5-7,12-14H2,1-4H3,(H,22,25)/t16-,17-/m0/s1. The van der Waals surface area contributed by atoms with Crippen molar-refractivity contribution in [1.82, 2.24) is 9.80 Å². The Labute approximate surface area is 167 Å². The lowest BCUT2D eigenvalue weighted by atomic mass is 9.97. The lowest BCUT2D eigenvalue weighted by molar-refractivity contribution is -0.151. The number of carbonyl (C=O) groups is 3. The van der Waals surface area contributed by atoms with E-state index in [0.717, 1.165) is 24.9 Å². The van der Waals surface area contributed by atoms with E-state index < -0.39 is 6.04 Å². The van der Waals surface area contributed by atoms with Crippen LogP contribution in [0.1, 0.15) is 32.3 Å². The molecule has 1 aliphatic heterocycles. The smallest absolute Gasteiger partial charge is 0.310 e. The topological polar surface area (TPSA) is 79.0 Å². The molecule has 7 nitrogen and oxygen atoms in total. The normalized spacial score (nSPS) is 18.2. The fourth-order valence-corrected chi connectivity index (χ4v) is 3.42. The van der Waals surface area contributed by atoms with Crippen molar-refractivity contribution in [3.8, 4) is 0 Å². The van der Waals surface area contributed by atoms with Crippen molar-refractivity contribution in [2.75, 3.05) is 38.6 Å². The van der Waals surface area contributed by atoms with E-state index in [-0.39, 0.29) is 30.2 Å². The second-order valence-corrected chi connectivity index (χ2v) is 7.37. The summed E-state index contributed by atoms with van der Waals surface area (Å²) in [6.45, 7) is 7.20. The van der Waals surface area contributed by atoms with Crippen LogP contribution >= 0.6 is 0 Å². The number of likely N-dealkylation sites (tertiary alicyclic amines) is 1. The van der Waals surface area contributed by atoms with E-state index >= 15 is 0 Å². The van der Waals surface area contributed by atoms with Gasteiger partial charge in [0, 0.05) is 19.3 Å². The van der Waals surface area contributed by atoms with Crippen LogP contribution in [0.5, 0.6) is 0 Å². The predicted molar refractivity (Wildman–Crippen MR) is 108 cm³/mol. The number of ether oxygens (including phenoxy) is 1. The molecule has 0 aromatic heterocycles. The summed E-state index contributed by atoms with van der Waals surface area (Å²) < 4.78 is 5.12. The molecule has 1 aliphatic rings. The summed E-state index contributed by atoms with van der Waals surface area (Å²) in [5.74, 6) is -0.768. The van der Waals surface area contributed by atoms with Crippen LogP contribution in [-0.2, 0) is 19.1 Å². The fraction of sp³-hybridized carbons (Fsp3) is 0.571. The SMILES string of the molecule is CCOC(=O)[C@H]1CCCN([C@@H](C)C(=O)N(C)CC(=O)Nc2ccc(C)cc2)C1. The Morgan fingerprint density at radius 1 is 1.29 bits per heavy atom. The molecule has 0 spiro atoms. The van der Waals surface area contributed by atoms with Crippen LogP contribution in [0.15, 0.2) is 24.3 Å². The number of piperidine rings is 1. The lowest BCUT2D eigenvalue weighted by Gasteiger charge is -2.36. The summed E-state index contributed by atoms with van der Waals surface area (Å²) in [5.41, 5.74) is 1.82. The number of anilines is 1. The molecule has 2 amide bonds. The van der Waals surface area contributed by atoms with Crippen molar-refractivity contribution in [3.05, 3.63) is 29.8 Å². The van der Waals surface area contributed by atoms with Crippen molar-refractivity contribution in [2.24, 2.45) is 5.92 Å². The van der Waals surface area contributed by atoms with Crippen molar-refractivity contribution in [1.29, 1.82) is 0 Å². The van der Waals surface area contributed by atoms with Gasteiger partial charge in [0.2, 0.25) is 11.8 Å². The monoisotopic (exact) mass is 389 g/mol. The van der Waals surface area contributed by atoms with Gasteiger partial charge in [-0.2, -0.15) is 0 Å². The Hall–Kier alpha value is -2.41. The van der Waals surface area contributed by atoms with Gasteiger partial charge in [-0.05, 0) is 52.3 Å². The van der Waals surface area contributed by atoms with Crippen molar-refractivity contribution < 1.29 is 19.1 Å². The van der Waals surface area contributed by atoms with Crippen LogP contribution in [0.25, 0.3) is 0 Å². The van der Waals surface area contributed by atoms with Gasteiger partial charge in [-0.3, -0.25) is 19.3 Å². The molecule has 1 aromatic rings. The Morgan fingerprint density at radius 2 is 1.96 bits per heavy atom. The van der Waals surface area contributed by atoms with Crippen LogP contribution in [0.4, 0.5) is 5.69 Å². The molecule has 0 aliphatic carbocycles. The number of aryl methyl sites for hydroxylation is 1. The number of amides is 2. The second kappa shape index (κ2) is 10.2. The van der Waals surface area contributed by atoms with Gasteiger partial charge in [0.05, 0.1) is 25.1 Å². The zero-order valence-electron chi connectivity index (χ0n) is 17.2. The van der Waals surface area contributed by atoms with Crippen LogP contribution in [-0.4, -0.2) is 66.9 Å². The van der Waals surface area contributed by atoms with E-state index in [2.05, 4.69) is 5.32 Å². The first-order chi connectivity index (χ1) is 13.3. The second-order valence-electron chi connectivity index (χ2n) is 7.37. The van der Waals surface area contributed by atoms with Gasteiger partial charge in [0.1, 0.15) is 0 Å². The first-order valence-corrected chi connectivity index (χ1v) is 9.84. The molecule has 0 bridgehead atoms. The van der Waals surface area contributed by atoms with E-state index in [0.29, 0.717) is 18.8 Å². The van der Waals surface area contributed by atoms with Crippen LogP contribution < -0.4 is 5.32 Å². The van der Waals surface area contributed by atoms with Gasteiger partial charge in [-0.15, -0.1) is 0 Å². The molecule has 2 rings (SSSR count). The average molecular weight is 389 g/mol. The molecule has 7 heteroatoms. The van der Waals surface area contributed by atoms with Crippen LogP contribution in [0.2, 0.25) is 0 Å². The number of carbonyl (C=O) groups excluding carboxylic acids is 3. The molecular formula is C21H31N3O4. The maximum absolute atomic E-state index is 12.8. The van der Waals surface area contributed by atoms with Gasteiger partial charge >= 0.3 is 5.97 Å². The summed E-state index contributed by atoms with van der Waals surface area (Å²) in [5, 5.41) is 2.80. The molecule has 0 radical (unpaired) electrons. The minimum atomic E-state index is -0.394. The van der Waals surface area contributed by atoms with E-state index in [1.54, 1.807) is 14.0 Å². The molecule has 28 heavy (non-hydrogen) atoms. The Kier molecular flexibility index (Phi) is 7.99. The molecule has 1 fully saturated rings. The number of esters is 1. The molecular weight excluding hydrogens is 358 g/mol. The number of hydrogen-bond acceptors (Lipinski definition) is 5. The first-order valence-electron chi connectivity index (χ1n) is 9.84. The van der Waals surface area contributed by atoms with Gasteiger partial charge in [-0.1, -0.05) is 17.7 Å². The molecule has 154 valence electrons. The minimum Gasteiger partial charge on any atom is -0.466 e. The first kappa shape index (κ1) is 21.9. The molecule has 0 saturated carbocycles. The quantitative estimate of drug-likeness (QED) is 0.722. The highest BCUT2D eigenvalue weighted by molar-refractivity contribution is 5.95. The van der Waals surface area contributed by atoms with Crippen molar-refractivity contribution in [2.45, 2.75) is 39.7 Å². The summed E-state index contributed by atoms with van der Waals surface area (Å²) in [4.78, 5) is 40.5.